The van der Waals surface area contributed by atoms with Crippen molar-refractivity contribution in [1.29, 1.82) is 5.26 Å². The van der Waals surface area contributed by atoms with Gasteiger partial charge in [0.25, 0.3) is 0 Å². The Labute approximate surface area is 210 Å². The maximum Gasteiger partial charge on any atom is 0.349 e. The van der Waals surface area contributed by atoms with Crippen LogP contribution in [0.3, 0.4) is 0 Å². The van der Waals surface area contributed by atoms with Crippen molar-refractivity contribution < 1.29 is 4.39 Å². The van der Waals surface area contributed by atoms with E-state index in [1.165, 1.54) is 22.3 Å². The van der Waals surface area contributed by atoms with Crippen LogP contribution in [0.2, 0.25) is 0 Å². The summed E-state index contributed by atoms with van der Waals surface area (Å²) in [6, 6.07) is 12.1. The van der Waals surface area contributed by atoms with Gasteiger partial charge < -0.3 is 4.90 Å². The van der Waals surface area contributed by atoms with Gasteiger partial charge in [0.15, 0.2) is 5.82 Å². The number of rotatable bonds is 6. The summed E-state index contributed by atoms with van der Waals surface area (Å²) in [5, 5.41) is 9.37. The van der Waals surface area contributed by atoms with Crippen molar-refractivity contribution in [2.75, 3.05) is 24.5 Å². The highest BCUT2D eigenvalue weighted by Crippen LogP contribution is 2.36. The van der Waals surface area contributed by atoms with Gasteiger partial charge in [0.2, 0.25) is 0 Å². The quantitative estimate of drug-likeness (QED) is 0.478. The summed E-state index contributed by atoms with van der Waals surface area (Å²) in [6.07, 6.45) is 2.80. The third-order valence-corrected chi connectivity index (χ3v) is 7.08. The molecule has 1 aliphatic rings. The van der Waals surface area contributed by atoms with Crippen LogP contribution in [0.25, 0.3) is 11.0 Å². The fraction of sp³-hybridized carbons (Fsp3) is 0.357. The predicted octanol–water partition coefficient (Wildman–Crippen LogP) is 4.50. The van der Waals surface area contributed by atoms with E-state index >= 15 is 0 Å². The standard InChI is InChI=1S/C28H31FN6O/c1-6-18(3)23(7-2)26(20-8-10-21(29)11-9-20)35-15-14-34(17-19(35)4)27-25-24(33(5)28(36)32-27)13-12-22(16-30)31-25/h7-13,19,26H,2,6,14-15,17H2,1,3-5H3. The van der Waals surface area contributed by atoms with Crippen LogP contribution in [-0.4, -0.2) is 45.1 Å². The van der Waals surface area contributed by atoms with Gasteiger partial charge >= 0.3 is 5.69 Å². The minimum absolute atomic E-state index is 0.0723. The van der Waals surface area contributed by atoms with E-state index < -0.39 is 0 Å². The average Bonchev–Trinajstić information content (AvgIpc) is 2.89. The first-order valence-corrected chi connectivity index (χ1v) is 12.1. The van der Waals surface area contributed by atoms with Gasteiger partial charge in [-0.15, -0.1) is 0 Å². The number of halogens is 1. The maximum absolute atomic E-state index is 13.7. The van der Waals surface area contributed by atoms with Gasteiger partial charge in [0.1, 0.15) is 23.1 Å². The second-order valence-corrected chi connectivity index (χ2v) is 9.23. The van der Waals surface area contributed by atoms with Crippen molar-refractivity contribution in [3.8, 4) is 6.07 Å². The van der Waals surface area contributed by atoms with Gasteiger partial charge in [-0.25, -0.2) is 14.2 Å². The lowest BCUT2D eigenvalue weighted by atomic mass is 9.90. The second kappa shape index (κ2) is 10.4. The number of fused-ring (bicyclic) bond motifs is 1. The minimum Gasteiger partial charge on any atom is -0.352 e. The molecule has 1 saturated heterocycles. The first-order chi connectivity index (χ1) is 17.3. The molecule has 7 nitrogen and oxygen atoms in total. The smallest absolute Gasteiger partial charge is 0.349 e. The van der Waals surface area contributed by atoms with E-state index in [4.69, 9.17) is 0 Å². The van der Waals surface area contributed by atoms with Crippen LogP contribution in [-0.2, 0) is 7.05 Å². The van der Waals surface area contributed by atoms with E-state index in [1.54, 1.807) is 19.2 Å². The SMILES string of the molecule is C=CC(=C(C)CC)C(c1ccc(F)cc1)N1CCN(c2nc(=O)n(C)c3ccc(C#N)nc23)CC1C. The van der Waals surface area contributed by atoms with E-state index in [0.29, 0.717) is 36.5 Å². The molecule has 0 spiro atoms. The summed E-state index contributed by atoms with van der Waals surface area (Å²) in [6.45, 7) is 12.4. The summed E-state index contributed by atoms with van der Waals surface area (Å²) < 4.78 is 15.2. The molecule has 0 saturated carbocycles. The van der Waals surface area contributed by atoms with E-state index in [9.17, 15) is 14.4 Å². The van der Waals surface area contributed by atoms with Crippen LogP contribution in [0.5, 0.6) is 0 Å². The molecule has 2 unspecified atom stereocenters. The highest BCUT2D eigenvalue weighted by Gasteiger charge is 2.33. The fourth-order valence-electron chi connectivity index (χ4n) is 4.96. The van der Waals surface area contributed by atoms with Crippen LogP contribution >= 0.6 is 0 Å². The van der Waals surface area contributed by atoms with E-state index in [-0.39, 0.29) is 29.3 Å². The number of hydrogen-bond donors (Lipinski definition) is 0. The molecule has 0 radical (unpaired) electrons. The Kier molecular flexibility index (Phi) is 7.32. The van der Waals surface area contributed by atoms with Crippen LogP contribution in [0.4, 0.5) is 10.2 Å². The molecule has 3 aromatic rings. The molecular formula is C28H31FN6O. The molecule has 36 heavy (non-hydrogen) atoms. The number of anilines is 1. The number of allylic oxidation sites excluding steroid dienone is 1. The van der Waals surface area contributed by atoms with Gasteiger partial charge in [-0.1, -0.05) is 37.3 Å². The van der Waals surface area contributed by atoms with Crippen molar-refractivity contribution in [3.63, 3.8) is 0 Å². The largest absolute Gasteiger partial charge is 0.352 e. The van der Waals surface area contributed by atoms with Crippen molar-refractivity contribution in [3.05, 3.63) is 87.8 Å². The van der Waals surface area contributed by atoms with E-state index in [2.05, 4.69) is 53.2 Å². The molecule has 0 aliphatic carbocycles. The zero-order valence-corrected chi connectivity index (χ0v) is 21.2. The van der Waals surface area contributed by atoms with Crippen LogP contribution in [0, 0.1) is 17.1 Å². The molecular weight excluding hydrogens is 455 g/mol. The van der Waals surface area contributed by atoms with Crippen LogP contribution in [0.15, 0.2) is 65.0 Å². The third-order valence-electron chi connectivity index (χ3n) is 7.08. The molecule has 2 atom stereocenters. The number of aromatic nitrogens is 3. The monoisotopic (exact) mass is 486 g/mol. The number of nitriles is 1. The van der Waals surface area contributed by atoms with Crippen molar-refractivity contribution >= 4 is 16.9 Å². The molecule has 0 N–H and O–H groups in total. The zero-order chi connectivity index (χ0) is 26.0. The average molecular weight is 487 g/mol. The Morgan fingerprint density at radius 2 is 1.97 bits per heavy atom. The van der Waals surface area contributed by atoms with Crippen molar-refractivity contribution in [1.82, 2.24) is 19.4 Å². The van der Waals surface area contributed by atoms with E-state index in [0.717, 1.165) is 17.6 Å². The number of hydrogen-bond acceptors (Lipinski definition) is 6. The lowest BCUT2D eigenvalue weighted by Gasteiger charge is -2.45. The summed E-state index contributed by atoms with van der Waals surface area (Å²) in [4.78, 5) is 25.9. The highest BCUT2D eigenvalue weighted by atomic mass is 19.1. The van der Waals surface area contributed by atoms with Crippen LogP contribution < -0.4 is 10.6 Å². The molecule has 0 bridgehead atoms. The molecule has 8 heteroatoms. The molecule has 1 fully saturated rings. The number of piperazine rings is 1. The summed E-state index contributed by atoms with van der Waals surface area (Å²) in [7, 11) is 1.65. The fourth-order valence-corrected chi connectivity index (χ4v) is 4.96. The van der Waals surface area contributed by atoms with E-state index in [1.807, 2.05) is 18.2 Å². The molecule has 1 aliphatic heterocycles. The molecule has 0 amide bonds. The molecule has 1 aromatic carbocycles. The van der Waals surface area contributed by atoms with Gasteiger partial charge in [0.05, 0.1) is 11.6 Å². The number of nitrogens with zero attached hydrogens (tertiary/aromatic N) is 6. The van der Waals surface area contributed by atoms with Gasteiger partial charge in [-0.2, -0.15) is 10.2 Å². The Morgan fingerprint density at radius 3 is 2.58 bits per heavy atom. The first kappa shape index (κ1) is 25.3. The lowest BCUT2D eigenvalue weighted by Crippen LogP contribution is -2.54. The van der Waals surface area contributed by atoms with Gasteiger partial charge in [0, 0.05) is 32.7 Å². The molecule has 2 aromatic heterocycles. The lowest BCUT2D eigenvalue weighted by molar-refractivity contribution is 0.148. The number of benzene rings is 1. The van der Waals surface area contributed by atoms with Crippen molar-refractivity contribution in [2.24, 2.45) is 7.05 Å². The molecule has 3 heterocycles. The van der Waals surface area contributed by atoms with Crippen LogP contribution in [0.1, 0.15) is 44.5 Å². The molecule has 186 valence electrons. The number of aryl methyl sites for hydroxylation is 1. The van der Waals surface area contributed by atoms with Gasteiger partial charge in [-0.05, 0) is 55.7 Å². The minimum atomic E-state index is -0.362. The second-order valence-electron chi connectivity index (χ2n) is 9.23. The Morgan fingerprint density at radius 1 is 1.25 bits per heavy atom. The first-order valence-electron chi connectivity index (χ1n) is 12.1. The summed E-state index contributed by atoms with van der Waals surface area (Å²) >= 11 is 0. The summed E-state index contributed by atoms with van der Waals surface area (Å²) in [5.74, 6) is 0.235. The normalized spacial score (nSPS) is 18.0. The Bertz CT molecular complexity index is 1420. The Balaban J connectivity index is 1.73. The topological polar surface area (TPSA) is 78.0 Å². The predicted molar refractivity (Wildman–Crippen MR) is 140 cm³/mol. The molecule has 4 rings (SSSR count). The Hall–Kier alpha value is -3.83. The third kappa shape index (κ3) is 4.67. The zero-order valence-electron chi connectivity index (χ0n) is 21.2. The maximum atomic E-state index is 13.7. The van der Waals surface area contributed by atoms with Crippen molar-refractivity contribution in [2.45, 2.75) is 39.3 Å². The number of pyridine rings is 1. The highest BCUT2D eigenvalue weighted by molar-refractivity contribution is 5.86. The van der Waals surface area contributed by atoms with Gasteiger partial charge in [-0.3, -0.25) is 9.47 Å². The summed E-state index contributed by atoms with van der Waals surface area (Å²) in [5.41, 5.74) is 4.47.